The molecule has 0 heterocycles. The monoisotopic (exact) mass is 254 g/mol. The van der Waals surface area contributed by atoms with E-state index in [0.29, 0.717) is 0 Å². The first-order chi connectivity index (χ1) is 8.65. The third-order valence-corrected chi connectivity index (χ3v) is 3.99. The average molecular weight is 254 g/mol. The van der Waals surface area contributed by atoms with Crippen molar-refractivity contribution in [1.82, 2.24) is 10.9 Å². The van der Waals surface area contributed by atoms with Gasteiger partial charge in [-0.1, -0.05) is 53.0 Å². The molecule has 2 nitrogen and oxygen atoms in total. The SMILES string of the molecule is CC.CNN/C=C1/CCC(C(C)C)CCCC1C. The third-order valence-electron chi connectivity index (χ3n) is 3.99. The Hall–Kier alpha value is -0.500. The Morgan fingerprint density at radius 2 is 1.83 bits per heavy atom. The van der Waals surface area contributed by atoms with E-state index < -0.39 is 0 Å². The molecule has 1 aliphatic rings. The van der Waals surface area contributed by atoms with Gasteiger partial charge in [0.25, 0.3) is 0 Å². The molecule has 0 aromatic heterocycles. The van der Waals surface area contributed by atoms with Crippen molar-refractivity contribution >= 4 is 0 Å². The second kappa shape index (κ2) is 10.4. The Morgan fingerprint density at radius 3 is 2.39 bits per heavy atom. The predicted molar refractivity (Wildman–Crippen MR) is 82.2 cm³/mol. The van der Waals surface area contributed by atoms with Crippen LogP contribution in [0, 0.1) is 17.8 Å². The van der Waals surface area contributed by atoms with Crippen molar-refractivity contribution < 1.29 is 0 Å². The van der Waals surface area contributed by atoms with E-state index in [9.17, 15) is 0 Å². The van der Waals surface area contributed by atoms with Crippen LogP contribution in [0.5, 0.6) is 0 Å². The van der Waals surface area contributed by atoms with Gasteiger partial charge in [-0.3, -0.25) is 0 Å². The Labute approximate surface area is 115 Å². The molecule has 2 heteroatoms. The second-order valence-electron chi connectivity index (χ2n) is 5.49. The maximum absolute atomic E-state index is 3.13. The molecule has 2 N–H and O–H groups in total. The van der Waals surface area contributed by atoms with Gasteiger partial charge in [-0.25, -0.2) is 5.43 Å². The zero-order valence-corrected chi connectivity index (χ0v) is 13.3. The summed E-state index contributed by atoms with van der Waals surface area (Å²) in [4.78, 5) is 0. The van der Waals surface area contributed by atoms with E-state index in [1.807, 2.05) is 20.9 Å². The van der Waals surface area contributed by atoms with Crippen molar-refractivity contribution in [2.24, 2.45) is 17.8 Å². The standard InChI is InChI=1S/C14H28N2.C2H6/c1-11(2)13-7-5-6-12(3)14(9-8-13)10-16-15-4;1-2/h10-13,15-16H,5-9H2,1-4H3;1-2H3/b14-10-;. The van der Waals surface area contributed by atoms with E-state index in [1.165, 1.54) is 32.1 Å². The predicted octanol–water partition coefficient (Wildman–Crippen LogP) is 4.49. The van der Waals surface area contributed by atoms with Crippen molar-refractivity contribution in [3.63, 3.8) is 0 Å². The van der Waals surface area contributed by atoms with E-state index in [4.69, 9.17) is 0 Å². The fraction of sp³-hybridized carbons (Fsp3) is 0.875. The van der Waals surface area contributed by atoms with Crippen LogP contribution >= 0.6 is 0 Å². The minimum absolute atomic E-state index is 0.744. The fourth-order valence-electron chi connectivity index (χ4n) is 2.66. The lowest BCUT2D eigenvalue weighted by atomic mass is 9.79. The summed E-state index contributed by atoms with van der Waals surface area (Å²) < 4.78 is 0. The molecule has 18 heavy (non-hydrogen) atoms. The molecule has 0 amide bonds. The summed E-state index contributed by atoms with van der Waals surface area (Å²) in [7, 11) is 1.92. The minimum atomic E-state index is 0.744. The molecule has 108 valence electrons. The first kappa shape index (κ1) is 17.5. The summed E-state index contributed by atoms with van der Waals surface area (Å²) in [5.41, 5.74) is 7.69. The van der Waals surface area contributed by atoms with Gasteiger partial charge in [0, 0.05) is 13.2 Å². The number of allylic oxidation sites excluding steroid dienone is 1. The normalized spacial score (nSPS) is 27.2. The average Bonchev–Trinajstić information content (AvgIpc) is 2.35. The van der Waals surface area contributed by atoms with Crippen LogP contribution < -0.4 is 10.9 Å². The van der Waals surface area contributed by atoms with Crippen LogP contribution in [-0.2, 0) is 0 Å². The van der Waals surface area contributed by atoms with Crippen LogP contribution in [-0.4, -0.2) is 7.05 Å². The quantitative estimate of drug-likeness (QED) is 0.725. The Morgan fingerprint density at radius 1 is 1.17 bits per heavy atom. The lowest BCUT2D eigenvalue weighted by Crippen LogP contribution is -2.23. The third kappa shape index (κ3) is 6.44. The maximum atomic E-state index is 3.13. The van der Waals surface area contributed by atoms with Gasteiger partial charge in [0.15, 0.2) is 0 Å². The minimum Gasteiger partial charge on any atom is -0.329 e. The van der Waals surface area contributed by atoms with E-state index >= 15 is 0 Å². The van der Waals surface area contributed by atoms with Crippen LogP contribution in [0.15, 0.2) is 11.8 Å². The zero-order chi connectivity index (χ0) is 14.0. The molecule has 1 rings (SSSR count). The summed E-state index contributed by atoms with van der Waals surface area (Å²) in [5, 5.41) is 0. The number of nitrogens with one attached hydrogen (secondary N) is 2. The van der Waals surface area contributed by atoms with Gasteiger partial charge in [-0.05, 0) is 37.0 Å². The van der Waals surface area contributed by atoms with Crippen molar-refractivity contribution in [2.45, 2.75) is 66.7 Å². The lowest BCUT2D eigenvalue weighted by molar-refractivity contribution is 0.300. The molecular formula is C16H34N2. The zero-order valence-electron chi connectivity index (χ0n) is 13.3. The fourth-order valence-corrected chi connectivity index (χ4v) is 2.66. The van der Waals surface area contributed by atoms with Crippen LogP contribution in [0.4, 0.5) is 0 Å². The number of rotatable bonds is 3. The van der Waals surface area contributed by atoms with Gasteiger partial charge in [-0.2, -0.15) is 0 Å². The first-order valence-electron chi connectivity index (χ1n) is 7.76. The molecular weight excluding hydrogens is 220 g/mol. The van der Waals surface area contributed by atoms with Crippen molar-refractivity contribution in [2.75, 3.05) is 7.05 Å². The lowest BCUT2D eigenvalue weighted by Gasteiger charge is -2.27. The summed E-state index contributed by atoms with van der Waals surface area (Å²) in [6.07, 6.45) is 8.96. The summed E-state index contributed by atoms with van der Waals surface area (Å²) in [6.45, 7) is 11.1. The Bertz CT molecular complexity index is 221. The summed E-state index contributed by atoms with van der Waals surface area (Å²) >= 11 is 0. The van der Waals surface area contributed by atoms with Gasteiger partial charge in [0.2, 0.25) is 0 Å². The van der Waals surface area contributed by atoms with Gasteiger partial charge >= 0.3 is 0 Å². The molecule has 0 aliphatic heterocycles. The molecule has 2 atom stereocenters. The van der Waals surface area contributed by atoms with Crippen molar-refractivity contribution in [1.29, 1.82) is 0 Å². The highest BCUT2D eigenvalue weighted by atomic mass is 15.3. The highest BCUT2D eigenvalue weighted by Crippen LogP contribution is 2.32. The van der Waals surface area contributed by atoms with E-state index in [1.54, 1.807) is 5.57 Å². The molecule has 0 aromatic carbocycles. The van der Waals surface area contributed by atoms with Gasteiger partial charge in [0.05, 0.1) is 0 Å². The molecule has 0 aromatic rings. The molecule has 0 radical (unpaired) electrons. The highest BCUT2D eigenvalue weighted by molar-refractivity contribution is 5.05. The Balaban J connectivity index is 0.00000137. The molecule has 0 saturated heterocycles. The van der Waals surface area contributed by atoms with E-state index in [-0.39, 0.29) is 0 Å². The smallest absolute Gasteiger partial charge is 0.0120 e. The van der Waals surface area contributed by atoms with Gasteiger partial charge in [0.1, 0.15) is 0 Å². The number of hydrazine groups is 1. The molecule has 1 fully saturated rings. The van der Waals surface area contributed by atoms with Crippen LogP contribution in [0.3, 0.4) is 0 Å². The van der Waals surface area contributed by atoms with Crippen molar-refractivity contribution in [3.8, 4) is 0 Å². The number of hydrogen-bond donors (Lipinski definition) is 2. The molecule has 0 bridgehead atoms. The molecule has 2 unspecified atom stereocenters. The van der Waals surface area contributed by atoms with Crippen LogP contribution in [0.25, 0.3) is 0 Å². The van der Waals surface area contributed by atoms with Crippen LogP contribution in [0.2, 0.25) is 0 Å². The second-order valence-corrected chi connectivity index (χ2v) is 5.49. The van der Waals surface area contributed by atoms with Gasteiger partial charge in [-0.15, -0.1) is 0 Å². The number of hydrogen-bond acceptors (Lipinski definition) is 2. The van der Waals surface area contributed by atoms with E-state index in [0.717, 1.165) is 17.8 Å². The van der Waals surface area contributed by atoms with Gasteiger partial charge < -0.3 is 5.43 Å². The Kier molecular flexibility index (Phi) is 10.1. The first-order valence-corrected chi connectivity index (χ1v) is 7.76. The highest BCUT2D eigenvalue weighted by Gasteiger charge is 2.19. The largest absolute Gasteiger partial charge is 0.329 e. The summed E-state index contributed by atoms with van der Waals surface area (Å²) in [6, 6.07) is 0. The van der Waals surface area contributed by atoms with Crippen LogP contribution in [0.1, 0.15) is 66.7 Å². The van der Waals surface area contributed by atoms with E-state index in [2.05, 4.69) is 37.8 Å². The topological polar surface area (TPSA) is 24.1 Å². The maximum Gasteiger partial charge on any atom is 0.0120 e. The molecule has 1 aliphatic carbocycles. The summed E-state index contributed by atoms with van der Waals surface area (Å²) in [5.74, 6) is 2.51. The molecule has 1 saturated carbocycles. The molecule has 0 spiro atoms. The van der Waals surface area contributed by atoms with Crippen molar-refractivity contribution in [3.05, 3.63) is 11.8 Å².